The number of carboxylic acid groups (broad SMARTS) is 1. The van der Waals surface area contributed by atoms with Gasteiger partial charge in [-0.2, -0.15) is 0 Å². The molecule has 0 radical (unpaired) electrons. The van der Waals surface area contributed by atoms with Crippen LogP contribution in [0.25, 0.3) is 0 Å². The Hall–Kier alpha value is -1.67. The highest BCUT2D eigenvalue weighted by Gasteiger charge is 2.23. The maximum absolute atomic E-state index is 12.0. The maximum Gasteiger partial charge on any atom is 0.320 e. The van der Waals surface area contributed by atoms with Crippen molar-refractivity contribution in [3.8, 4) is 0 Å². The first-order chi connectivity index (χ1) is 10.2. The van der Waals surface area contributed by atoms with Gasteiger partial charge in [-0.3, -0.25) is 14.4 Å². The molecule has 8 heteroatoms. The van der Waals surface area contributed by atoms with Crippen LogP contribution in [-0.2, 0) is 14.4 Å². The summed E-state index contributed by atoms with van der Waals surface area (Å²) in [6.45, 7) is 5.75. The smallest absolute Gasteiger partial charge is 0.320 e. The van der Waals surface area contributed by atoms with Crippen molar-refractivity contribution >= 4 is 17.8 Å². The molecule has 0 aliphatic rings. The van der Waals surface area contributed by atoms with Gasteiger partial charge in [0, 0.05) is 6.54 Å². The molecule has 3 atom stereocenters. The van der Waals surface area contributed by atoms with E-state index in [-0.39, 0.29) is 30.2 Å². The topological polar surface area (TPSA) is 134 Å². The lowest BCUT2D eigenvalue weighted by atomic mass is 10.0. The van der Waals surface area contributed by atoms with Gasteiger partial charge in [0.25, 0.3) is 0 Å². The Morgan fingerprint density at radius 2 is 1.73 bits per heavy atom. The Morgan fingerprint density at radius 3 is 2.18 bits per heavy atom. The molecule has 6 N–H and O–H groups in total. The second kappa shape index (κ2) is 10.1. The molecule has 0 spiro atoms. The largest absolute Gasteiger partial charge is 0.480 e. The highest BCUT2D eigenvalue weighted by Crippen LogP contribution is 2.01. The molecule has 0 saturated carbocycles. The molecule has 0 aliphatic heterocycles. The summed E-state index contributed by atoms with van der Waals surface area (Å²) >= 11 is 0. The highest BCUT2D eigenvalue weighted by molar-refractivity contribution is 5.89. The van der Waals surface area contributed by atoms with Crippen LogP contribution in [0.5, 0.6) is 0 Å². The zero-order valence-corrected chi connectivity index (χ0v) is 13.7. The van der Waals surface area contributed by atoms with Gasteiger partial charge in [-0.05, 0) is 32.7 Å². The molecule has 0 heterocycles. The van der Waals surface area contributed by atoms with E-state index >= 15 is 0 Å². The van der Waals surface area contributed by atoms with Gasteiger partial charge >= 0.3 is 5.97 Å². The molecule has 128 valence electrons. The third-order valence-corrected chi connectivity index (χ3v) is 3.32. The van der Waals surface area contributed by atoms with Crippen LogP contribution >= 0.6 is 0 Å². The number of likely N-dealkylation sites (N-methyl/N-ethyl adjacent to an activating group) is 1. The summed E-state index contributed by atoms with van der Waals surface area (Å²) in [5, 5.41) is 16.8. The number of amides is 2. The van der Waals surface area contributed by atoms with Crippen molar-refractivity contribution in [3.05, 3.63) is 0 Å². The average Bonchev–Trinajstić information content (AvgIpc) is 2.42. The lowest BCUT2D eigenvalue weighted by Crippen LogP contribution is -2.52. The van der Waals surface area contributed by atoms with Gasteiger partial charge in [-0.1, -0.05) is 13.8 Å². The number of aliphatic carboxylic acids is 1. The minimum absolute atomic E-state index is 0.109. The number of nitrogens with one attached hydrogen (secondary N) is 3. The van der Waals surface area contributed by atoms with E-state index in [4.69, 9.17) is 10.8 Å². The Bertz CT molecular complexity index is 387. The third-order valence-electron chi connectivity index (χ3n) is 3.32. The second-order valence-corrected chi connectivity index (χ2v) is 5.62. The summed E-state index contributed by atoms with van der Waals surface area (Å²) in [7, 11) is 1.70. The number of carbonyl (C=O) groups is 3. The van der Waals surface area contributed by atoms with Crippen molar-refractivity contribution in [2.75, 3.05) is 13.6 Å². The quantitative estimate of drug-likeness (QED) is 0.330. The van der Waals surface area contributed by atoms with Crippen LogP contribution in [0.1, 0.15) is 33.6 Å². The standard InChI is InChI=1S/C14H28N4O4/c1-8(2)11(16-4)13(20)18-9(3)12(19)17-7-5-6-10(15)14(21)22/h8-11,16H,5-7,15H2,1-4H3,(H,17,19)(H,18,20)(H,21,22). The zero-order valence-electron chi connectivity index (χ0n) is 13.7. The fraction of sp³-hybridized carbons (Fsp3) is 0.786. The van der Waals surface area contributed by atoms with Crippen LogP contribution in [0.2, 0.25) is 0 Å². The van der Waals surface area contributed by atoms with Gasteiger partial charge in [0.05, 0.1) is 6.04 Å². The van der Waals surface area contributed by atoms with Crippen molar-refractivity contribution in [3.63, 3.8) is 0 Å². The molecule has 0 aromatic rings. The number of hydrogen-bond donors (Lipinski definition) is 5. The molecule has 0 aromatic heterocycles. The lowest BCUT2D eigenvalue weighted by Gasteiger charge is -2.22. The average molecular weight is 316 g/mol. The summed E-state index contributed by atoms with van der Waals surface area (Å²) in [5.74, 6) is -1.49. The molecule has 0 rings (SSSR count). The van der Waals surface area contributed by atoms with E-state index in [2.05, 4.69) is 16.0 Å². The van der Waals surface area contributed by atoms with Crippen LogP contribution in [0.3, 0.4) is 0 Å². The summed E-state index contributed by atoms with van der Waals surface area (Å²) in [4.78, 5) is 34.4. The van der Waals surface area contributed by atoms with Gasteiger partial charge in [-0.25, -0.2) is 0 Å². The summed E-state index contributed by atoms with van der Waals surface area (Å²) in [6, 6.07) is -1.93. The van der Waals surface area contributed by atoms with Crippen LogP contribution < -0.4 is 21.7 Å². The molecule has 0 fully saturated rings. The van der Waals surface area contributed by atoms with E-state index in [1.54, 1.807) is 14.0 Å². The van der Waals surface area contributed by atoms with Crippen LogP contribution in [-0.4, -0.2) is 54.6 Å². The number of rotatable bonds is 10. The normalized spacial score (nSPS) is 15.0. The molecule has 0 bridgehead atoms. The second-order valence-electron chi connectivity index (χ2n) is 5.62. The predicted molar refractivity (Wildman–Crippen MR) is 83.1 cm³/mol. The maximum atomic E-state index is 12.0. The minimum atomic E-state index is -1.06. The van der Waals surface area contributed by atoms with Crippen LogP contribution in [0, 0.1) is 5.92 Å². The molecule has 0 aliphatic carbocycles. The van der Waals surface area contributed by atoms with E-state index in [9.17, 15) is 14.4 Å². The minimum Gasteiger partial charge on any atom is -0.480 e. The van der Waals surface area contributed by atoms with Crippen LogP contribution in [0.15, 0.2) is 0 Å². The van der Waals surface area contributed by atoms with E-state index in [1.807, 2.05) is 13.8 Å². The monoisotopic (exact) mass is 316 g/mol. The van der Waals surface area contributed by atoms with E-state index in [0.29, 0.717) is 13.0 Å². The first kappa shape index (κ1) is 20.3. The summed E-state index contributed by atoms with van der Waals surface area (Å²) < 4.78 is 0. The van der Waals surface area contributed by atoms with E-state index < -0.39 is 18.1 Å². The number of nitrogens with two attached hydrogens (primary N) is 1. The van der Waals surface area contributed by atoms with Gasteiger partial charge in [0.15, 0.2) is 0 Å². The lowest BCUT2D eigenvalue weighted by molar-refractivity contribution is -0.138. The summed E-state index contributed by atoms with van der Waals surface area (Å²) in [5.41, 5.74) is 5.36. The van der Waals surface area contributed by atoms with E-state index in [0.717, 1.165) is 0 Å². The van der Waals surface area contributed by atoms with Crippen molar-refractivity contribution < 1.29 is 19.5 Å². The zero-order chi connectivity index (χ0) is 17.3. The first-order valence-electron chi connectivity index (χ1n) is 7.44. The number of carbonyl (C=O) groups excluding carboxylic acids is 2. The molecule has 2 amide bonds. The SMILES string of the molecule is CNC(C(=O)NC(C)C(=O)NCCCC(N)C(=O)O)C(C)C. The third kappa shape index (κ3) is 7.37. The fourth-order valence-corrected chi connectivity index (χ4v) is 1.95. The first-order valence-corrected chi connectivity index (χ1v) is 7.44. The predicted octanol–water partition coefficient (Wildman–Crippen LogP) is -0.957. The molecule has 0 aromatic carbocycles. The van der Waals surface area contributed by atoms with E-state index in [1.165, 1.54) is 0 Å². The number of hydrogen-bond acceptors (Lipinski definition) is 5. The van der Waals surface area contributed by atoms with Crippen molar-refractivity contribution in [1.29, 1.82) is 0 Å². The van der Waals surface area contributed by atoms with Gasteiger partial charge in [0.2, 0.25) is 11.8 Å². The highest BCUT2D eigenvalue weighted by atomic mass is 16.4. The fourth-order valence-electron chi connectivity index (χ4n) is 1.95. The Morgan fingerprint density at radius 1 is 1.14 bits per heavy atom. The van der Waals surface area contributed by atoms with Gasteiger partial charge in [0.1, 0.15) is 12.1 Å². The molecule has 8 nitrogen and oxygen atoms in total. The molecule has 22 heavy (non-hydrogen) atoms. The van der Waals surface area contributed by atoms with Crippen molar-refractivity contribution in [1.82, 2.24) is 16.0 Å². The van der Waals surface area contributed by atoms with Crippen molar-refractivity contribution in [2.45, 2.75) is 51.7 Å². The Labute approximate surface area is 131 Å². The molecular formula is C14H28N4O4. The molecule has 0 saturated heterocycles. The molecular weight excluding hydrogens is 288 g/mol. The van der Waals surface area contributed by atoms with Crippen molar-refractivity contribution in [2.24, 2.45) is 11.7 Å². The Balaban J connectivity index is 4.12. The Kier molecular flexibility index (Phi) is 9.35. The van der Waals surface area contributed by atoms with Gasteiger partial charge in [-0.15, -0.1) is 0 Å². The van der Waals surface area contributed by atoms with Crippen LogP contribution in [0.4, 0.5) is 0 Å². The molecule has 3 unspecified atom stereocenters. The summed E-state index contributed by atoms with van der Waals surface area (Å²) in [6.07, 6.45) is 0.747. The van der Waals surface area contributed by atoms with Gasteiger partial charge < -0.3 is 26.8 Å². The number of carboxylic acids is 1.